The van der Waals surface area contributed by atoms with Crippen LogP contribution in [0.15, 0.2) is 76.6 Å². The highest BCUT2D eigenvalue weighted by Gasteiger charge is 2.33. The lowest BCUT2D eigenvalue weighted by atomic mass is 9.86. The third-order valence-electron chi connectivity index (χ3n) is 8.01. The van der Waals surface area contributed by atoms with Crippen LogP contribution in [0.5, 0.6) is 5.75 Å². The van der Waals surface area contributed by atoms with Gasteiger partial charge in [0.15, 0.2) is 15.9 Å². The Hall–Kier alpha value is -4.54. The van der Waals surface area contributed by atoms with Crippen LogP contribution in [0.3, 0.4) is 0 Å². The fraction of sp³-hybridized carbons (Fsp3) is 0.286. The van der Waals surface area contributed by atoms with E-state index in [9.17, 15) is 23.1 Å². The summed E-state index contributed by atoms with van der Waals surface area (Å²) < 4.78 is 38.3. The van der Waals surface area contributed by atoms with Crippen molar-refractivity contribution in [3.63, 3.8) is 0 Å². The zero-order chi connectivity index (χ0) is 32.3. The first-order valence-electron chi connectivity index (χ1n) is 14.6. The first-order valence-corrected chi connectivity index (χ1v) is 16.5. The van der Waals surface area contributed by atoms with Gasteiger partial charge in [0.2, 0.25) is 0 Å². The number of aliphatic carboxylic acids is 1. The molecule has 0 radical (unpaired) electrons. The molecule has 3 aromatic carbocycles. The van der Waals surface area contributed by atoms with Crippen molar-refractivity contribution in [3.05, 3.63) is 99.5 Å². The molecule has 1 atom stereocenters. The van der Waals surface area contributed by atoms with Gasteiger partial charge in [-0.3, -0.25) is 9.78 Å². The molecule has 1 N–H and O–H groups in total. The molecule has 0 unspecified atom stereocenters. The summed E-state index contributed by atoms with van der Waals surface area (Å²) in [6.45, 7) is 7.90. The van der Waals surface area contributed by atoms with Crippen molar-refractivity contribution in [2.45, 2.75) is 57.3 Å². The molecule has 0 saturated heterocycles. The molecule has 9 nitrogen and oxygen atoms in total. The summed E-state index contributed by atoms with van der Waals surface area (Å²) in [5.41, 5.74) is 4.27. The van der Waals surface area contributed by atoms with Crippen LogP contribution in [0.25, 0.3) is 32.9 Å². The van der Waals surface area contributed by atoms with E-state index >= 15 is 0 Å². The first kappa shape index (κ1) is 30.5. The molecule has 1 aliphatic rings. The predicted octanol–water partition coefficient (Wildman–Crippen LogP) is 5.85. The molecule has 1 aliphatic heterocycles. The molecule has 5 aromatic rings. The van der Waals surface area contributed by atoms with E-state index in [1.165, 1.54) is 12.1 Å². The molecule has 10 heteroatoms. The molecular weight excluding hydrogens is 592 g/mol. The highest BCUT2D eigenvalue weighted by Crippen LogP contribution is 2.45. The number of nitrogens with zero attached hydrogens (tertiary/aromatic N) is 2. The number of aryl methyl sites for hydroxylation is 1. The maximum absolute atomic E-state index is 13.4. The summed E-state index contributed by atoms with van der Waals surface area (Å²) in [5, 5.41) is 12.0. The number of aromatic nitrogens is 2. The quantitative estimate of drug-likeness (QED) is 0.239. The number of ether oxygens (including phenoxy) is 2. The van der Waals surface area contributed by atoms with Crippen LogP contribution >= 0.6 is 0 Å². The minimum absolute atomic E-state index is 0.106. The Kier molecular flexibility index (Phi) is 7.53. The minimum Gasteiger partial charge on any atom is -0.493 e. The standard InChI is InChI=1S/C35H34N2O7S/c1-20-17-26-24(10-12-28(38)37(26)19-21-7-6-8-23(18-21)45(5,41)42)31(29(20)33(34(39)40)44-35(2,3)4)25-9-11-27-30-22(14-16-43-27)13-15-36-32(25)30/h6-13,15,17-18,33H,14,16,19H2,1-5H3,(H,39,40)/t33-/m0/s1. The van der Waals surface area contributed by atoms with Crippen molar-refractivity contribution in [3.8, 4) is 16.9 Å². The molecular formula is C35H34N2O7S. The van der Waals surface area contributed by atoms with Crippen molar-refractivity contribution in [2.75, 3.05) is 12.9 Å². The van der Waals surface area contributed by atoms with Crippen molar-refractivity contribution in [1.29, 1.82) is 0 Å². The summed E-state index contributed by atoms with van der Waals surface area (Å²) in [5.74, 6) is -0.427. The van der Waals surface area contributed by atoms with Gasteiger partial charge in [0.1, 0.15) is 5.75 Å². The minimum atomic E-state index is -3.46. The molecule has 0 saturated carbocycles. The maximum Gasteiger partial charge on any atom is 0.337 e. The number of hydrogen-bond donors (Lipinski definition) is 1. The molecule has 0 amide bonds. The third-order valence-corrected chi connectivity index (χ3v) is 9.12. The number of carbonyl (C=O) groups is 1. The van der Waals surface area contributed by atoms with Crippen molar-refractivity contribution in [2.24, 2.45) is 0 Å². The van der Waals surface area contributed by atoms with E-state index in [1.54, 1.807) is 41.1 Å². The molecule has 0 fully saturated rings. The second-order valence-electron chi connectivity index (χ2n) is 12.4. The highest BCUT2D eigenvalue weighted by molar-refractivity contribution is 7.90. The zero-order valence-corrected chi connectivity index (χ0v) is 26.6. The lowest BCUT2D eigenvalue weighted by Crippen LogP contribution is -2.28. The Balaban J connectivity index is 1.70. The van der Waals surface area contributed by atoms with Gasteiger partial charge in [0.05, 0.1) is 34.7 Å². The number of carboxylic acid groups (broad SMARTS) is 1. The Labute approximate surface area is 261 Å². The average molecular weight is 627 g/mol. The summed E-state index contributed by atoms with van der Waals surface area (Å²) >= 11 is 0. The van der Waals surface area contributed by atoms with E-state index in [-0.39, 0.29) is 17.0 Å². The molecule has 3 heterocycles. The van der Waals surface area contributed by atoms with Crippen molar-refractivity contribution in [1.82, 2.24) is 9.55 Å². The number of hydrogen-bond acceptors (Lipinski definition) is 7. The molecule has 2 aromatic heterocycles. The van der Waals surface area contributed by atoms with Crippen LogP contribution in [0.1, 0.15) is 49.1 Å². The van der Waals surface area contributed by atoms with Gasteiger partial charge in [-0.05, 0) is 92.4 Å². The Morgan fingerprint density at radius 1 is 1.11 bits per heavy atom. The smallest absolute Gasteiger partial charge is 0.337 e. The summed E-state index contributed by atoms with van der Waals surface area (Å²) in [7, 11) is -3.46. The summed E-state index contributed by atoms with van der Waals surface area (Å²) in [4.78, 5) is 31.2. The second-order valence-corrected chi connectivity index (χ2v) is 14.5. The lowest BCUT2D eigenvalue weighted by molar-refractivity contribution is -0.160. The topological polar surface area (TPSA) is 125 Å². The Morgan fingerprint density at radius 2 is 1.89 bits per heavy atom. The van der Waals surface area contributed by atoms with Crippen LogP contribution in [0.2, 0.25) is 0 Å². The number of carboxylic acids is 1. The Morgan fingerprint density at radius 3 is 2.60 bits per heavy atom. The van der Waals surface area contributed by atoms with Crippen LogP contribution in [0.4, 0.5) is 0 Å². The van der Waals surface area contributed by atoms with Gasteiger partial charge < -0.3 is 19.1 Å². The van der Waals surface area contributed by atoms with E-state index in [4.69, 9.17) is 14.5 Å². The molecule has 0 bridgehead atoms. The SMILES string of the molecule is Cc1cc2c(ccc(=O)n2Cc2cccc(S(C)(=O)=O)c2)c(-c2ccc3c4c(ccnc24)CCO3)c1[C@H](OC(C)(C)C)C(=O)O. The zero-order valence-electron chi connectivity index (χ0n) is 25.7. The van der Waals surface area contributed by atoms with E-state index in [0.29, 0.717) is 63.0 Å². The average Bonchev–Trinajstić information content (AvgIpc) is 2.97. The van der Waals surface area contributed by atoms with Gasteiger partial charge in [-0.25, -0.2) is 13.2 Å². The first-order chi connectivity index (χ1) is 21.2. The molecule has 0 aliphatic carbocycles. The maximum atomic E-state index is 13.4. The Bertz CT molecular complexity index is 2170. The fourth-order valence-electron chi connectivity index (χ4n) is 6.12. The van der Waals surface area contributed by atoms with Gasteiger partial charge in [0.25, 0.3) is 5.56 Å². The number of benzene rings is 3. The van der Waals surface area contributed by atoms with Gasteiger partial charge in [-0.2, -0.15) is 0 Å². The molecule has 45 heavy (non-hydrogen) atoms. The number of fused-ring (bicyclic) bond motifs is 1. The monoisotopic (exact) mass is 626 g/mol. The predicted molar refractivity (Wildman–Crippen MR) is 173 cm³/mol. The van der Waals surface area contributed by atoms with E-state index in [2.05, 4.69) is 0 Å². The van der Waals surface area contributed by atoms with Crippen molar-refractivity contribution < 1.29 is 27.8 Å². The van der Waals surface area contributed by atoms with Crippen LogP contribution in [0, 0.1) is 6.92 Å². The number of rotatable bonds is 7. The summed E-state index contributed by atoms with van der Waals surface area (Å²) in [6, 6.07) is 17.2. The van der Waals surface area contributed by atoms with Crippen molar-refractivity contribution >= 4 is 37.6 Å². The molecule has 6 rings (SSSR count). The lowest BCUT2D eigenvalue weighted by Gasteiger charge is -2.29. The van der Waals surface area contributed by atoms with E-state index < -0.39 is 27.5 Å². The largest absolute Gasteiger partial charge is 0.493 e. The second kappa shape index (κ2) is 11.1. The molecule has 232 valence electrons. The van der Waals surface area contributed by atoms with Gasteiger partial charge in [0, 0.05) is 46.8 Å². The van der Waals surface area contributed by atoms with Gasteiger partial charge >= 0.3 is 5.97 Å². The van der Waals surface area contributed by atoms with Gasteiger partial charge in [-0.15, -0.1) is 0 Å². The summed E-state index contributed by atoms with van der Waals surface area (Å²) in [6.07, 6.45) is 2.29. The van der Waals surface area contributed by atoms with E-state index in [1.807, 2.05) is 45.9 Å². The normalized spacial score (nSPS) is 14.0. The number of sulfone groups is 1. The highest BCUT2D eigenvalue weighted by atomic mass is 32.2. The fourth-order valence-corrected chi connectivity index (χ4v) is 6.82. The van der Waals surface area contributed by atoms with Crippen LogP contribution in [-0.4, -0.2) is 47.5 Å². The molecule has 0 spiro atoms. The van der Waals surface area contributed by atoms with Crippen LogP contribution in [-0.2, 0) is 32.3 Å². The number of pyridine rings is 2. The van der Waals surface area contributed by atoms with Gasteiger partial charge in [-0.1, -0.05) is 12.1 Å². The van der Waals surface area contributed by atoms with Crippen LogP contribution < -0.4 is 10.3 Å². The van der Waals surface area contributed by atoms with E-state index in [0.717, 1.165) is 17.2 Å². The third kappa shape index (κ3) is 5.71.